The highest BCUT2D eigenvalue weighted by molar-refractivity contribution is 5.21. The van der Waals surface area contributed by atoms with Crippen LogP contribution in [-0.4, -0.2) is 37.1 Å². The maximum Gasteiger partial charge on any atom is 0.0466 e. The third-order valence-corrected chi connectivity index (χ3v) is 5.75. The third kappa shape index (κ3) is 4.10. The van der Waals surface area contributed by atoms with Crippen molar-refractivity contribution in [3.8, 4) is 0 Å². The fraction of sp³-hybridized carbons (Fsp3) is 0.895. The van der Waals surface area contributed by atoms with Gasteiger partial charge in [0.2, 0.25) is 0 Å². The highest BCUT2D eigenvalue weighted by Gasteiger charge is 2.42. The van der Waals surface area contributed by atoms with Crippen LogP contribution in [0.1, 0.15) is 77.6 Å². The Labute approximate surface area is 132 Å². The second kappa shape index (κ2) is 8.33. The fourth-order valence-corrected chi connectivity index (χ4v) is 4.51. The van der Waals surface area contributed by atoms with Crippen LogP contribution in [0.4, 0.5) is 0 Å². The van der Waals surface area contributed by atoms with Gasteiger partial charge in [0.05, 0.1) is 0 Å². The first-order chi connectivity index (χ1) is 10.2. The van der Waals surface area contributed by atoms with Crippen molar-refractivity contribution in [3.63, 3.8) is 0 Å². The van der Waals surface area contributed by atoms with E-state index in [4.69, 9.17) is 0 Å². The molecule has 0 aromatic heterocycles. The van der Waals surface area contributed by atoms with Crippen LogP contribution in [0.25, 0.3) is 0 Å². The van der Waals surface area contributed by atoms with Crippen LogP contribution in [0, 0.1) is 0 Å². The number of nitrogens with zero attached hydrogens (tertiary/aromatic N) is 1. The maximum atomic E-state index is 3.88. The van der Waals surface area contributed by atoms with Gasteiger partial charge < -0.3 is 10.2 Å². The molecule has 1 atom stereocenters. The smallest absolute Gasteiger partial charge is 0.0466 e. The van der Waals surface area contributed by atoms with E-state index in [0.29, 0.717) is 11.6 Å². The minimum Gasteiger partial charge on any atom is -0.309 e. The summed E-state index contributed by atoms with van der Waals surface area (Å²) in [6, 6.07) is 0.566. The lowest BCUT2D eigenvalue weighted by molar-refractivity contribution is 0.0688. The second-order valence-electron chi connectivity index (χ2n) is 7.28. The van der Waals surface area contributed by atoms with Crippen LogP contribution >= 0.6 is 0 Å². The van der Waals surface area contributed by atoms with Crippen LogP contribution in [0.3, 0.4) is 0 Å². The Balaban J connectivity index is 2.25. The molecular formula is C19H36N2. The number of hydrogen-bond donors (Lipinski definition) is 1. The zero-order valence-electron chi connectivity index (χ0n) is 14.6. The standard InChI is InChI=1S/C19H36N2/c1-4-20-18(17-13-9-6-5-7-10-14-17)19(21(2)3)15-11-8-12-16-19/h13,18,20H,4-12,14-16H2,1-3H3. The van der Waals surface area contributed by atoms with Gasteiger partial charge in [0, 0.05) is 11.6 Å². The van der Waals surface area contributed by atoms with Gasteiger partial charge >= 0.3 is 0 Å². The molecule has 0 saturated heterocycles. The van der Waals surface area contributed by atoms with Crippen LogP contribution in [0.15, 0.2) is 11.6 Å². The molecule has 0 bridgehead atoms. The monoisotopic (exact) mass is 292 g/mol. The maximum absolute atomic E-state index is 3.88. The van der Waals surface area contributed by atoms with Gasteiger partial charge in [0.1, 0.15) is 0 Å². The van der Waals surface area contributed by atoms with Crippen molar-refractivity contribution in [1.29, 1.82) is 0 Å². The van der Waals surface area contributed by atoms with Crippen molar-refractivity contribution in [3.05, 3.63) is 11.6 Å². The molecule has 2 aliphatic carbocycles. The molecular weight excluding hydrogens is 256 g/mol. The Kier molecular flexibility index (Phi) is 6.75. The molecule has 21 heavy (non-hydrogen) atoms. The van der Waals surface area contributed by atoms with Crippen molar-refractivity contribution in [2.75, 3.05) is 20.6 Å². The Morgan fingerprint density at radius 1 is 1.05 bits per heavy atom. The molecule has 2 aliphatic rings. The molecule has 0 heterocycles. The van der Waals surface area contributed by atoms with Gasteiger partial charge in [-0.1, -0.05) is 50.7 Å². The number of hydrogen-bond acceptors (Lipinski definition) is 2. The van der Waals surface area contributed by atoms with Crippen molar-refractivity contribution >= 4 is 0 Å². The SMILES string of the molecule is CCNC(C1=CCCCCCC1)C1(N(C)C)CCCCC1. The Hall–Kier alpha value is -0.340. The van der Waals surface area contributed by atoms with E-state index in [-0.39, 0.29) is 0 Å². The minimum absolute atomic E-state index is 0.347. The number of likely N-dealkylation sites (N-methyl/N-ethyl adjacent to an activating group) is 2. The number of allylic oxidation sites excluding steroid dienone is 1. The highest BCUT2D eigenvalue weighted by Crippen LogP contribution is 2.39. The number of nitrogens with one attached hydrogen (secondary N) is 1. The average Bonchev–Trinajstić information content (AvgIpc) is 2.46. The molecule has 122 valence electrons. The first-order valence-corrected chi connectivity index (χ1v) is 9.30. The normalized spacial score (nSPS) is 25.0. The molecule has 0 radical (unpaired) electrons. The largest absolute Gasteiger partial charge is 0.309 e. The second-order valence-corrected chi connectivity index (χ2v) is 7.28. The Bertz CT molecular complexity index is 326. The van der Waals surface area contributed by atoms with Crippen LogP contribution in [0.2, 0.25) is 0 Å². The van der Waals surface area contributed by atoms with Crippen molar-refractivity contribution in [1.82, 2.24) is 10.2 Å². The zero-order valence-corrected chi connectivity index (χ0v) is 14.6. The molecule has 0 amide bonds. The summed E-state index contributed by atoms with van der Waals surface area (Å²) in [6.45, 7) is 3.35. The van der Waals surface area contributed by atoms with Gasteiger partial charge in [-0.15, -0.1) is 0 Å². The predicted octanol–water partition coefficient (Wildman–Crippen LogP) is 4.51. The lowest BCUT2D eigenvalue weighted by Crippen LogP contribution is -2.60. The van der Waals surface area contributed by atoms with Crippen LogP contribution in [-0.2, 0) is 0 Å². The quantitative estimate of drug-likeness (QED) is 0.750. The van der Waals surface area contributed by atoms with Crippen molar-refractivity contribution in [2.24, 2.45) is 0 Å². The van der Waals surface area contributed by atoms with E-state index < -0.39 is 0 Å². The first-order valence-electron chi connectivity index (χ1n) is 9.30. The Morgan fingerprint density at radius 2 is 1.71 bits per heavy atom. The summed E-state index contributed by atoms with van der Waals surface area (Å²) < 4.78 is 0. The predicted molar refractivity (Wildman–Crippen MR) is 92.8 cm³/mol. The minimum atomic E-state index is 0.347. The molecule has 1 unspecified atom stereocenters. The van der Waals surface area contributed by atoms with E-state index in [1.165, 1.54) is 70.6 Å². The summed E-state index contributed by atoms with van der Waals surface area (Å²) in [5, 5.41) is 3.88. The molecule has 0 aromatic rings. The Morgan fingerprint density at radius 3 is 2.38 bits per heavy atom. The molecule has 2 nitrogen and oxygen atoms in total. The van der Waals surface area contributed by atoms with Crippen LogP contribution < -0.4 is 5.32 Å². The van der Waals surface area contributed by atoms with E-state index in [2.05, 4.69) is 37.3 Å². The van der Waals surface area contributed by atoms with E-state index in [1.807, 2.05) is 0 Å². The van der Waals surface area contributed by atoms with Crippen LogP contribution in [0.5, 0.6) is 0 Å². The van der Waals surface area contributed by atoms with E-state index in [1.54, 1.807) is 5.57 Å². The highest BCUT2D eigenvalue weighted by atomic mass is 15.2. The van der Waals surface area contributed by atoms with E-state index in [0.717, 1.165) is 6.54 Å². The summed E-state index contributed by atoms with van der Waals surface area (Å²) in [7, 11) is 4.61. The summed E-state index contributed by atoms with van der Waals surface area (Å²) in [5.41, 5.74) is 2.06. The van der Waals surface area contributed by atoms with Gasteiger partial charge in [-0.3, -0.25) is 0 Å². The van der Waals surface area contributed by atoms with Gasteiger partial charge in [-0.05, 0) is 59.2 Å². The summed E-state index contributed by atoms with van der Waals surface area (Å²) in [5.74, 6) is 0. The molecule has 1 N–H and O–H groups in total. The summed E-state index contributed by atoms with van der Waals surface area (Å²) >= 11 is 0. The molecule has 2 rings (SSSR count). The molecule has 1 fully saturated rings. The third-order valence-electron chi connectivity index (χ3n) is 5.75. The van der Waals surface area contributed by atoms with E-state index >= 15 is 0 Å². The summed E-state index contributed by atoms with van der Waals surface area (Å²) in [6.07, 6.45) is 17.7. The molecule has 0 aliphatic heterocycles. The van der Waals surface area contributed by atoms with E-state index in [9.17, 15) is 0 Å². The van der Waals surface area contributed by atoms with Crippen molar-refractivity contribution in [2.45, 2.75) is 89.1 Å². The lowest BCUT2D eigenvalue weighted by Gasteiger charge is -2.50. The lowest BCUT2D eigenvalue weighted by atomic mass is 9.71. The van der Waals surface area contributed by atoms with Gasteiger partial charge in [0.25, 0.3) is 0 Å². The van der Waals surface area contributed by atoms with Gasteiger partial charge in [0.15, 0.2) is 0 Å². The zero-order chi connectivity index (χ0) is 15.1. The van der Waals surface area contributed by atoms with Gasteiger partial charge in [-0.25, -0.2) is 0 Å². The molecule has 0 aromatic carbocycles. The first kappa shape index (κ1) is 17.0. The molecule has 0 spiro atoms. The van der Waals surface area contributed by atoms with Crippen molar-refractivity contribution < 1.29 is 0 Å². The number of rotatable bonds is 5. The topological polar surface area (TPSA) is 15.3 Å². The average molecular weight is 293 g/mol. The fourth-order valence-electron chi connectivity index (χ4n) is 4.51. The molecule has 2 heteroatoms. The van der Waals surface area contributed by atoms with Gasteiger partial charge in [-0.2, -0.15) is 0 Å². The molecule has 1 saturated carbocycles. The summed E-state index contributed by atoms with van der Waals surface area (Å²) in [4.78, 5) is 2.54.